The molecule has 3 aromatic rings. The number of benzene rings is 1. The van der Waals surface area contributed by atoms with Gasteiger partial charge in [-0.25, -0.2) is 14.8 Å². The minimum Gasteiger partial charge on any atom is -1.00 e. The van der Waals surface area contributed by atoms with Gasteiger partial charge in [-0.15, -0.1) is 0 Å². The van der Waals surface area contributed by atoms with Crippen LogP contribution in [0, 0.1) is 0 Å². The first-order chi connectivity index (χ1) is 16.2. The van der Waals surface area contributed by atoms with Crippen molar-refractivity contribution >= 4 is 40.6 Å². The fraction of sp³-hybridized carbons (Fsp3) is 0.250. The van der Waals surface area contributed by atoms with Crippen molar-refractivity contribution in [2.24, 2.45) is 5.73 Å². The van der Waals surface area contributed by atoms with Crippen molar-refractivity contribution in [2.75, 3.05) is 17.3 Å². The molecule has 14 nitrogen and oxygen atoms in total. The van der Waals surface area contributed by atoms with Crippen LogP contribution in [0.15, 0.2) is 35.3 Å². The maximum atomic E-state index is 12.4. The number of nitrogens with one attached hydrogen (secondary N) is 2. The molecule has 0 spiro atoms. The van der Waals surface area contributed by atoms with Gasteiger partial charge in [0.05, 0.1) is 25.1 Å². The Kier molecular flexibility index (Phi) is 9.65. The summed E-state index contributed by atoms with van der Waals surface area (Å²) in [7, 11) is 0. The molecule has 2 heterocycles. The van der Waals surface area contributed by atoms with Gasteiger partial charge < -0.3 is 33.3 Å². The summed E-state index contributed by atoms with van der Waals surface area (Å²) in [4.78, 5) is 62.8. The first-order valence-electron chi connectivity index (χ1n) is 10.00. The first-order valence-corrected chi connectivity index (χ1v) is 10.00. The quantitative estimate of drug-likeness (QED) is 0.118. The molecular weight excluding hydrogens is 471 g/mol. The molecule has 0 bridgehead atoms. The molecule has 0 aliphatic carbocycles. The summed E-state index contributed by atoms with van der Waals surface area (Å²) in [6.45, 7) is 0.281. The Morgan fingerprint density at radius 2 is 1.86 bits per heavy atom. The van der Waals surface area contributed by atoms with E-state index >= 15 is 0 Å². The third-order valence-electron chi connectivity index (χ3n) is 4.80. The number of aromatic nitrogens is 4. The largest absolute Gasteiger partial charge is 1.00 e. The number of carboxylic acids is 2. The number of nitrogens with zero attached hydrogens (tertiary/aromatic N) is 4. The average Bonchev–Trinajstić information content (AvgIpc) is 2.80. The van der Waals surface area contributed by atoms with Gasteiger partial charge in [-0.3, -0.25) is 19.4 Å². The number of hydrogen-bond donors (Lipinski definition) is 6. The average molecular weight is 494 g/mol. The van der Waals surface area contributed by atoms with E-state index in [4.69, 9.17) is 16.6 Å². The molecule has 0 saturated heterocycles. The number of aromatic amines is 1. The van der Waals surface area contributed by atoms with E-state index in [1.165, 1.54) is 18.3 Å². The summed E-state index contributed by atoms with van der Waals surface area (Å²) in [5.41, 5.74) is 12.2. The molecule has 0 saturated carbocycles. The maximum Gasteiger partial charge on any atom is 1.00 e. The molecule has 2 aromatic heterocycles. The first kappa shape index (κ1) is 27.7. The summed E-state index contributed by atoms with van der Waals surface area (Å²) in [6.07, 6.45) is 0.809. The molecule has 3 rings (SSSR count). The molecule has 180 valence electrons. The predicted molar refractivity (Wildman–Crippen MR) is 121 cm³/mol. The summed E-state index contributed by atoms with van der Waals surface area (Å²) >= 11 is 0. The zero-order valence-corrected chi connectivity index (χ0v) is 20.8. The van der Waals surface area contributed by atoms with Gasteiger partial charge in [0.15, 0.2) is 11.2 Å². The monoisotopic (exact) mass is 494 g/mol. The number of H-pyrrole nitrogens is 1. The summed E-state index contributed by atoms with van der Waals surface area (Å²) in [5.74, 6) is -3.21. The molecule has 0 aliphatic heterocycles. The zero-order valence-electron chi connectivity index (χ0n) is 19.8. The van der Waals surface area contributed by atoms with Crippen LogP contribution in [0.3, 0.4) is 0 Å². The van der Waals surface area contributed by atoms with Crippen molar-refractivity contribution in [3.8, 4) is 0 Å². The van der Waals surface area contributed by atoms with Crippen LogP contribution in [0.4, 0.5) is 11.6 Å². The summed E-state index contributed by atoms with van der Waals surface area (Å²) in [5, 5.41) is 20.2. The van der Waals surface area contributed by atoms with E-state index in [2.05, 4.69) is 25.3 Å². The number of fused-ring (bicyclic) bond motifs is 1. The van der Waals surface area contributed by atoms with Gasteiger partial charge in [-0.05, 0) is 30.7 Å². The van der Waals surface area contributed by atoms with Crippen LogP contribution >= 0.6 is 0 Å². The zero-order chi connectivity index (χ0) is 24.8. The van der Waals surface area contributed by atoms with Crippen LogP contribution in [0.1, 0.15) is 30.3 Å². The number of hydrogen-bond acceptors (Lipinski definition) is 10. The van der Waals surface area contributed by atoms with E-state index in [-0.39, 0.29) is 73.3 Å². The number of amides is 1. The topological polar surface area (TPSA) is 231 Å². The van der Waals surface area contributed by atoms with Gasteiger partial charge in [-0.2, -0.15) is 4.98 Å². The SMILES string of the molecule is NCN(Cc1cnc2nc(N)[nH]c(=O)c2n1)c1ccc(C(=O)N[C@@H](CCC(=O)O)C(=O)O)cc1.[H-].[Na+]. The summed E-state index contributed by atoms with van der Waals surface area (Å²) < 4.78 is 0. The number of nitrogens with two attached hydrogens (primary N) is 2. The van der Waals surface area contributed by atoms with E-state index in [1.807, 2.05) is 0 Å². The van der Waals surface area contributed by atoms with Crippen LogP contribution in [-0.4, -0.2) is 60.7 Å². The van der Waals surface area contributed by atoms with Gasteiger partial charge in [0, 0.05) is 17.7 Å². The number of nitrogen functional groups attached to an aromatic ring is 1. The van der Waals surface area contributed by atoms with Crippen molar-refractivity contribution in [1.29, 1.82) is 0 Å². The molecule has 0 fully saturated rings. The Bertz CT molecular complexity index is 1290. The number of rotatable bonds is 10. The molecule has 0 aliphatic rings. The molecule has 0 unspecified atom stereocenters. The van der Waals surface area contributed by atoms with Crippen molar-refractivity contribution in [2.45, 2.75) is 25.4 Å². The maximum absolute atomic E-state index is 12.4. The second-order valence-electron chi connectivity index (χ2n) is 7.21. The number of aliphatic carboxylic acids is 2. The minimum atomic E-state index is -1.33. The van der Waals surface area contributed by atoms with Gasteiger partial charge in [0.2, 0.25) is 5.95 Å². The van der Waals surface area contributed by atoms with E-state index in [1.54, 1.807) is 17.0 Å². The van der Waals surface area contributed by atoms with Crippen molar-refractivity contribution in [1.82, 2.24) is 25.3 Å². The van der Waals surface area contributed by atoms with Crippen LogP contribution in [-0.2, 0) is 16.1 Å². The van der Waals surface area contributed by atoms with Crippen molar-refractivity contribution in [3.63, 3.8) is 0 Å². The molecule has 8 N–H and O–H groups in total. The van der Waals surface area contributed by atoms with E-state index in [9.17, 15) is 24.3 Å². The van der Waals surface area contributed by atoms with E-state index in [0.29, 0.717) is 11.4 Å². The molecule has 15 heteroatoms. The third-order valence-corrected chi connectivity index (χ3v) is 4.80. The second-order valence-corrected chi connectivity index (χ2v) is 7.21. The van der Waals surface area contributed by atoms with Crippen molar-refractivity contribution < 1.29 is 55.6 Å². The van der Waals surface area contributed by atoms with Crippen LogP contribution in [0.2, 0.25) is 0 Å². The van der Waals surface area contributed by atoms with Crippen LogP contribution in [0.25, 0.3) is 11.2 Å². The number of carboxylic acid groups (broad SMARTS) is 2. The Labute approximate surface area is 221 Å². The van der Waals surface area contributed by atoms with Crippen LogP contribution in [0.5, 0.6) is 0 Å². The molecule has 0 radical (unpaired) electrons. The number of anilines is 2. The number of carbonyl (C=O) groups is 3. The second kappa shape index (κ2) is 12.2. The third kappa shape index (κ3) is 7.19. The van der Waals surface area contributed by atoms with Gasteiger partial charge in [0.25, 0.3) is 11.5 Å². The van der Waals surface area contributed by atoms with Crippen LogP contribution < -0.4 is 56.8 Å². The normalized spacial score (nSPS) is 11.3. The molecule has 1 amide bonds. The molecular formula is C20H23N8NaO6. The number of carbonyl (C=O) groups excluding carboxylic acids is 1. The Hall–Kier alpha value is -3.59. The predicted octanol–water partition coefficient (Wildman–Crippen LogP) is -3.62. The van der Waals surface area contributed by atoms with E-state index in [0.717, 1.165) is 0 Å². The smallest absolute Gasteiger partial charge is 1.00 e. The van der Waals surface area contributed by atoms with Gasteiger partial charge in [0.1, 0.15) is 6.04 Å². The standard InChI is InChI=1S/C20H22N8O6.Na.H/c21-9-28(8-11-7-23-16-15(24-11)18(32)27-20(22)26-16)12-3-1-10(2-4-12)17(31)25-13(19(33)34)5-6-14(29)30;;/h1-4,7,13H,5-6,8-9,21H2,(H,25,31)(H,29,30)(H,33,34)(H3,22,23,26,27,32);;/q;+1;-1/t13-;;/m0../s1. The van der Waals surface area contributed by atoms with E-state index < -0.39 is 35.9 Å². The Morgan fingerprint density at radius 3 is 2.46 bits per heavy atom. The Balaban J connectivity index is 0.00000324. The summed E-state index contributed by atoms with van der Waals surface area (Å²) in [6, 6.07) is 4.85. The molecule has 1 atom stereocenters. The van der Waals surface area contributed by atoms with Crippen molar-refractivity contribution in [3.05, 3.63) is 52.1 Å². The molecule has 1 aromatic carbocycles. The fourth-order valence-corrected chi connectivity index (χ4v) is 3.09. The Morgan fingerprint density at radius 1 is 1.17 bits per heavy atom. The van der Waals surface area contributed by atoms with Gasteiger partial charge in [-0.1, -0.05) is 0 Å². The van der Waals surface area contributed by atoms with Gasteiger partial charge >= 0.3 is 41.5 Å². The molecule has 35 heavy (non-hydrogen) atoms. The fourth-order valence-electron chi connectivity index (χ4n) is 3.09. The minimum absolute atomic E-state index is 0.